The van der Waals surface area contributed by atoms with Crippen molar-refractivity contribution in [2.75, 3.05) is 25.0 Å². The fraction of sp³-hybridized carbons (Fsp3) is 0.556. The Bertz CT molecular complexity index is 783. The maximum absolute atomic E-state index is 12.1. The summed E-state index contributed by atoms with van der Waals surface area (Å²) >= 11 is 0. The number of carbonyl (C=O) groups is 3. The molecular weight excluding hydrogens is 338 g/mol. The number of amides is 1. The second-order valence-corrected chi connectivity index (χ2v) is 7.22. The number of likely N-dealkylation sites (tertiary alicyclic amines) is 1. The number of carboxylic acid groups (broad SMARTS) is 2. The lowest BCUT2D eigenvalue weighted by molar-refractivity contribution is -0.145. The zero-order chi connectivity index (χ0) is 19.2. The number of anilines is 1. The minimum Gasteiger partial charge on any atom is -0.481 e. The van der Waals surface area contributed by atoms with Crippen LogP contribution in [-0.2, 0) is 9.59 Å². The van der Waals surface area contributed by atoms with E-state index >= 15 is 0 Å². The van der Waals surface area contributed by atoms with E-state index < -0.39 is 23.4 Å². The molecule has 0 radical (unpaired) electrons. The topological polar surface area (TPSA) is 111 Å². The number of aromatic nitrogens is 1. The summed E-state index contributed by atoms with van der Waals surface area (Å²) in [7, 11) is 1.67. The number of rotatable bonds is 3. The molecule has 140 valence electrons. The average Bonchev–Trinajstić information content (AvgIpc) is 2.80. The molecule has 1 aromatic heterocycles. The molecule has 2 N–H and O–H groups in total. The first-order valence-corrected chi connectivity index (χ1v) is 8.63. The van der Waals surface area contributed by atoms with E-state index in [1.807, 2.05) is 11.8 Å². The first-order chi connectivity index (χ1) is 12.2. The maximum atomic E-state index is 12.1. The van der Waals surface area contributed by atoms with E-state index in [0.717, 1.165) is 5.69 Å². The number of carboxylic acids is 2. The lowest BCUT2D eigenvalue weighted by Gasteiger charge is -2.46. The summed E-state index contributed by atoms with van der Waals surface area (Å²) in [6.45, 7) is 4.48. The Morgan fingerprint density at radius 2 is 1.85 bits per heavy atom. The lowest BCUT2D eigenvalue weighted by Crippen LogP contribution is -2.56. The minimum atomic E-state index is -1.03. The highest BCUT2D eigenvalue weighted by molar-refractivity contribution is 5.95. The molecule has 26 heavy (non-hydrogen) atoms. The van der Waals surface area contributed by atoms with Crippen molar-refractivity contribution >= 4 is 23.7 Å². The third kappa shape index (κ3) is 2.69. The van der Waals surface area contributed by atoms with Crippen LogP contribution in [0, 0.1) is 19.8 Å². The molecule has 0 unspecified atom stereocenters. The van der Waals surface area contributed by atoms with Gasteiger partial charge in [0.1, 0.15) is 11.4 Å². The summed E-state index contributed by atoms with van der Waals surface area (Å²) in [4.78, 5) is 43.4. The standard InChI is InChI=1S/C18H23N3O5/c1-10-8-11(2)19-15(14(10)17(25)26)21-6-4-18(5-7-21)12(16(23)24)9-13(22)20(18)3/h8,12H,4-7,9H2,1-3H3,(H,23,24)(H,25,26)/t12-/m1/s1. The van der Waals surface area contributed by atoms with Gasteiger partial charge in [0, 0.05) is 32.3 Å². The van der Waals surface area contributed by atoms with E-state index in [1.165, 1.54) is 0 Å². The van der Waals surface area contributed by atoms with Gasteiger partial charge >= 0.3 is 11.9 Å². The van der Waals surface area contributed by atoms with Gasteiger partial charge < -0.3 is 20.0 Å². The summed E-state index contributed by atoms with van der Waals surface area (Å²) in [5.74, 6) is -2.44. The number of nitrogens with zero attached hydrogens (tertiary/aromatic N) is 3. The van der Waals surface area contributed by atoms with Gasteiger partial charge in [-0.2, -0.15) is 0 Å². The van der Waals surface area contributed by atoms with Crippen LogP contribution >= 0.6 is 0 Å². The summed E-state index contributed by atoms with van der Waals surface area (Å²) < 4.78 is 0. The number of hydrogen-bond acceptors (Lipinski definition) is 5. The molecule has 0 aliphatic carbocycles. The van der Waals surface area contributed by atoms with Crippen LogP contribution < -0.4 is 4.90 Å². The molecule has 1 amide bonds. The molecule has 0 bridgehead atoms. The number of piperidine rings is 1. The van der Waals surface area contributed by atoms with Crippen molar-refractivity contribution in [2.24, 2.45) is 5.92 Å². The fourth-order valence-electron chi connectivity index (χ4n) is 4.40. The van der Waals surface area contributed by atoms with Crippen LogP contribution in [0.2, 0.25) is 0 Å². The van der Waals surface area contributed by atoms with Crippen LogP contribution in [0.5, 0.6) is 0 Å². The zero-order valence-electron chi connectivity index (χ0n) is 15.2. The number of aryl methyl sites for hydroxylation is 2. The smallest absolute Gasteiger partial charge is 0.339 e. The van der Waals surface area contributed by atoms with Crippen LogP contribution in [-0.4, -0.2) is 63.6 Å². The molecule has 1 atom stereocenters. The van der Waals surface area contributed by atoms with Gasteiger partial charge in [-0.1, -0.05) is 0 Å². The Labute approximate surface area is 151 Å². The maximum Gasteiger partial charge on any atom is 0.339 e. The highest BCUT2D eigenvalue weighted by Crippen LogP contribution is 2.43. The monoisotopic (exact) mass is 361 g/mol. The Morgan fingerprint density at radius 1 is 1.23 bits per heavy atom. The summed E-state index contributed by atoms with van der Waals surface area (Å²) in [6, 6.07) is 1.74. The molecule has 1 spiro atoms. The fourth-order valence-corrected chi connectivity index (χ4v) is 4.40. The third-order valence-electron chi connectivity index (χ3n) is 5.84. The molecule has 0 aromatic carbocycles. The first-order valence-electron chi connectivity index (χ1n) is 8.63. The largest absolute Gasteiger partial charge is 0.481 e. The van der Waals surface area contributed by atoms with Gasteiger partial charge in [0.2, 0.25) is 5.91 Å². The van der Waals surface area contributed by atoms with Gasteiger partial charge in [0.05, 0.1) is 11.5 Å². The van der Waals surface area contributed by atoms with Gasteiger partial charge in [-0.3, -0.25) is 9.59 Å². The lowest BCUT2D eigenvalue weighted by atomic mass is 9.77. The van der Waals surface area contributed by atoms with Gasteiger partial charge in [0.25, 0.3) is 0 Å². The zero-order valence-corrected chi connectivity index (χ0v) is 15.2. The second kappa shape index (κ2) is 6.26. The van der Waals surface area contributed by atoms with Gasteiger partial charge in [-0.15, -0.1) is 0 Å². The second-order valence-electron chi connectivity index (χ2n) is 7.22. The van der Waals surface area contributed by atoms with Crippen LogP contribution in [0.3, 0.4) is 0 Å². The normalized spacial score (nSPS) is 22.1. The molecule has 1 aromatic rings. The molecule has 2 aliphatic rings. The van der Waals surface area contributed by atoms with Crippen LogP contribution in [0.4, 0.5) is 5.82 Å². The number of hydrogen-bond donors (Lipinski definition) is 2. The van der Waals surface area contributed by atoms with E-state index in [4.69, 9.17) is 0 Å². The molecular formula is C18H23N3O5. The SMILES string of the molecule is Cc1cc(C)c(C(=O)O)c(N2CCC3(CC2)[C@@H](C(=O)O)CC(=O)N3C)n1. The van der Waals surface area contributed by atoms with E-state index in [2.05, 4.69) is 4.98 Å². The summed E-state index contributed by atoms with van der Waals surface area (Å²) in [6.07, 6.45) is 0.966. The van der Waals surface area contributed by atoms with E-state index in [1.54, 1.807) is 24.9 Å². The number of aliphatic carboxylic acids is 1. The number of aromatic carboxylic acids is 1. The summed E-state index contributed by atoms with van der Waals surface area (Å²) in [5, 5.41) is 19.1. The molecule has 8 heteroatoms. The van der Waals surface area contributed by atoms with E-state index in [-0.39, 0.29) is 17.9 Å². The van der Waals surface area contributed by atoms with E-state index in [0.29, 0.717) is 37.3 Å². The van der Waals surface area contributed by atoms with Crippen molar-refractivity contribution in [1.29, 1.82) is 0 Å². The highest BCUT2D eigenvalue weighted by Gasteiger charge is 2.55. The van der Waals surface area contributed by atoms with Crippen molar-refractivity contribution in [3.05, 3.63) is 22.9 Å². The molecule has 8 nitrogen and oxygen atoms in total. The van der Waals surface area contributed by atoms with Crippen molar-refractivity contribution in [1.82, 2.24) is 9.88 Å². The van der Waals surface area contributed by atoms with Gasteiger partial charge in [-0.25, -0.2) is 9.78 Å². The molecule has 3 rings (SSSR count). The first kappa shape index (κ1) is 18.2. The Balaban J connectivity index is 1.91. The van der Waals surface area contributed by atoms with Crippen molar-refractivity contribution in [3.63, 3.8) is 0 Å². The Kier molecular flexibility index (Phi) is 4.37. The quantitative estimate of drug-likeness (QED) is 0.834. The Morgan fingerprint density at radius 3 is 2.38 bits per heavy atom. The average molecular weight is 361 g/mol. The van der Waals surface area contributed by atoms with Gasteiger partial charge in [-0.05, 0) is 38.3 Å². The molecule has 2 fully saturated rings. The van der Waals surface area contributed by atoms with Gasteiger partial charge in [0.15, 0.2) is 0 Å². The molecule has 3 heterocycles. The van der Waals surface area contributed by atoms with Crippen LogP contribution in [0.15, 0.2) is 6.07 Å². The Hall–Kier alpha value is -2.64. The molecule has 2 saturated heterocycles. The number of carbonyl (C=O) groups excluding carboxylic acids is 1. The summed E-state index contributed by atoms with van der Waals surface area (Å²) in [5.41, 5.74) is 0.857. The minimum absolute atomic E-state index is 0.0218. The molecule has 2 aliphatic heterocycles. The third-order valence-corrected chi connectivity index (χ3v) is 5.84. The van der Waals surface area contributed by atoms with Crippen LogP contribution in [0.25, 0.3) is 0 Å². The highest BCUT2D eigenvalue weighted by atomic mass is 16.4. The van der Waals surface area contributed by atoms with Crippen LogP contribution in [0.1, 0.15) is 40.9 Å². The predicted octanol–water partition coefficient (Wildman–Crippen LogP) is 1.30. The van der Waals surface area contributed by atoms with Crippen molar-refractivity contribution in [2.45, 2.75) is 38.6 Å². The van der Waals surface area contributed by atoms with E-state index in [9.17, 15) is 24.6 Å². The van der Waals surface area contributed by atoms with Crippen molar-refractivity contribution in [3.8, 4) is 0 Å². The predicted molar refractivity (Wildman–Crippen MR) is 93.4 cm³/mol. The molecule has 0 saturated carbocycles. The number of pyridine rings is 1. The van der Waals surface area contributed by atoms with Crippen molar-refractivity contribution < 1.29 is 24.6 Å².